The lowest BCUT2D eigenvalue weighted by Gasteiger charge is -2.22. The highest BCUT2D eigenvalue weighted by Gasteiger charge is 2.36. The number of benzene rings is 14. The van der Waals surface area contributed by atoms with Crippen LogP contribution in [0.2, 0.25) is 0 Å². The minimum atomic E-state index is -0.105. The predicted octanol–water partition coefficient (Wildman–Crippen LogP) is 26.3. The first kappa shape index (κ1) is 62.3. The maximum absolute atomic E-state index is 5.29. The van der Waals surface area contributed by atoms with E-state index in [1.54, 1.807) is 0 Å². The van der Waals surface area contributed by atoms with Crippen molar-refractivity contribution in [2.45, 2.75) is 35.3 Å². The molecule has 0 saturated heterocycles. The van der Waals surface area contributed by atoms with Gasteiger partial charge in [0.05, 0.1) is 22.4 Å². The quantitative estimate of drug-likeness (QED) is 0.134. The molecule has 7 heteroatoms. The van der Waals surface area contributed by atoms with Crippen molar-refractivity contribution in [1.29, 1.82) is 0 Å². The summed E-state index contributed by atoms with van der Waals surface area (Å²) in [5.74, 6) is 2.37. The van der Waals surface area contributed by atoms with Gasteiger partial charge in [-0.05, 0) is 161 Å². The first-order chi connectivity index (χ1) is 51.7. The van der Waals surface area contributed by atoms with Gasteiger partial charge >= 0.3 is 0 Å². The predicted molar refractivity (Wildman–Crippen MR) is 442 cm³/mol. The molecule has 0 radical (unpaired) electrons. The zero-order valence-electron chi connectivity index (χ0n) is 57.6. The van der Waals surface area contributed by atoms with Crippen molar-refractivity contribution in [3.8, 4) is 112 Å². The summed E-state index contributed by atoms with van der Waals surface area (Å²) in [5, 5.41) is 10.3. The molecule has 4 aromatic heterocycles. The lowest BCUT2D eigenvalue weighted by Crippen LogP contribution is -2.14. The van der Waals surface area contributed by atoms with Gasteiger partial charge in [0.15, 0.2) is 17.5 Å². The Morgan fingerprint density at radius 2 is 0.819 bits per heavy atom. The van der Waals surface area contributed by atoms with Crippen LogP contribution in [0.5, 0.6) is 0 Å². The number of pyridine rings is 2. The van der Waals surface area contributed by atoms with E-state index in [0.717, 1.165) is 83.3 Å². The molecule has 21 rings (SSSR count). The Labute approximate surface area is 617 Å². The van der Waals surface area contributed by atoms with Crippen LogP contribution < -0.4 is 0 Å². The molecule has 105 heavy (non-hydrogen) atoms. The van der Waals surface area contributed by atoms with E-state index in [4.69, 9.17) is 24.9 Å². The Hall–Kier alpha value is -12.5. The minimum absolute atomic E-state index is 0.105. The number of hydrogen-bond donors (Lipinski definition) is 0. The molecule has 2 aliphatic carbocycles. The van der Waals surface area contributed by atoms with Gasteiger partial charge in [0.1, 0.15) is 0 Å². The van der Waals surface area contributed by atoms with E-state index < -0.39 is 0 Å². The molecule has 5 nitrogen and oxygen atoms in total. The topological polar surface area (TPSA) is 64.5 Å². The highest BCUT2D eigenvalue weighted by Crippen LogP contribution is 2.52. The summed E-state index contributed by atoms with van der Waals surface area (Å²) in [7, 11) is 0. The molecule has 1 aliphatic heterocycles. The molecule has 5 heterocycles. The van der Waals surface area contributed by atoms with Crippen molar-refractivity contribution in [2.24, 2.45) is 0 Å². The van der Waals surface area contributed by atoms with Crippen LogP contribution in [-0.4, -0.2) is 30.2 Å². The molecule has 494 valence electrons. The molecule has 2 atom stereocenters. The van der Waals surface area contributed by atoms with Crippen LogP contribution in [0.25, 0.3) is 176 Å². The summed E-state index contributed by atoms with van der Waals surface area (Å²) in [4.78, 5) is 27.5. The Balaban J connectivity index is 0.000000142. The van der Waals surface area contributed by atoms with Gasteiger partial charge in [-0.3, -0.25) is 0 Å². The lowest BCUT2D eigenvalue weighted by atomic mass is 9.81. The van der Waals surface area contributed by atoms with E-state index >= 15 is 0 Å². The number of nitrogens with zero attached hydrogens (tertiary/aromatic N) is 5. The summed E-state index contributed by atoms with van der Waals surface area (Å²) in [5.41, 5.74) is 24.8. The smallest absolute Gasteiger partial charge is 0.164 e. The maximum Gasteiger partial charge on any atom is 0.164 e. The highest BCUT2D eigenvalue weighted by molar-refractivity contribution is 8.00. The van der Waals surface area contributed by atoms with Gasteiger partial charge in [-0.2, -0.15) is 0 Å². The van der Waals surface area contributed by atoms with E-state index in [1.807, 2.05) is 41.3 Å². The van der Waals surface area contributed by atoms with E-state index in [1.165, 1.54) is 96.7 Å². The van der Waals surface area contributed by atoms with Crippen molar-refractivity contribution < 1.29 is 0 Å². The average Bonchev–Trinajstić information content (AvgIpc) is 1.63. The van der Waals surface area contributed by atoms with E-state index in [2.05, 4.69) is 341 Å². The van der Waals surface area contributed by atoms with Crippen LogP contribution in [-0.2, 0) is 5.41 Å². The molecule has 0 N–H and O–H groups in total. The molecule has 0 saturated carbocycles. The third-order valence-corrected chi connectivity index (χ3v) is 24.0. The molecule has 0 bridgehead atoms. The number of allylic oxidation sites excluding steroid dienone is 3. The second-order valence-corrected chi connectivity index (χ2v) is 30.4. The Bertz CT molecular complexity index is 6630. The Kier molecular flexibility index (Phi) is 15.1. The standard InChI is InChI=1S/C54H37N3S.C44H28N2S/c1-54(2)47-25-11-9-21-43(47)44-28-27-36(33-48(44)54)40-30-39(34-15-5-3-6-16-34)31-41(32-40)53-56-51(35-17-7-4-8-18-35)55-52(57-53)38-20-13-19-37(29-38)42-23-14-24-46-45-22-10-12-26-49(45)58-50(42)46;1-2-11-33-30(8-1)25-38(35-13-4-3-12-34(33)35)29-9-7-10-31(24-29)39-22-19-27-16-17-28-20-23-40(46-44(28)43(27)45-39)32-18-21-37-36-14-5-6-15-41(36)47-42(37)26-32/h3-33H,1-2H3;1-26,36,41H. The fraction of sp³-hybridized carbons (Fsp3) is 0.0510. The van der Waals surface area contributed by atoms with Crippen molar-refractivity contribution in [1.82, 2.24) is 24.9 Å². The molecule has 0 fully saturated rings. The van der Waals surface area contributed by atoms with Crippen LogP contribution in [0.15, 0.2) is 351 Å². The largest absolute Gasteiger partial charge is 0.245 e. The van der Waals surface area contributed by atoms with Gasteiger partial charge in [0.2, 0.25) is 0 Å². The number of thioether (sulfide) groups is 1. The highest BCUT2D eigenvalue weighted by atomic mass is 32.2. The zero-order valence-corrected chi connectivity index (χ0v) is 59.2. The Morgan fingerprint density at radius 1 is 0.295 bits per heavy atom. The first-order valence-electron chi connectivity index (χ1n) is 35.9. The first-order valence-corrected chi connectivity index (χ1v) is 37.6. The van der Waals surface area contributed by atoms with E-state index in [-0.39, 0.29) is 5.41 Å². The third-order valence-electron chi connectivity index (χ3n) is 21.5. The van der Waals surface area contributed by atoms with Crippen LogP contribution in [0.4, 0.5) is 0 Å². The third kappa shape index (κ3) is 11.0. The van der Waals surface area contributed by atoms with Gasteiger partial charge in [0, 0.05) is 80.2 Å². The minimum Gasteiger partial charge on any atom is -0.245 e. The normalized spacial score (nSPS) is 14.5. The average molecular weight is 1380 g/mol. The molecule has 3 aliphatic rings. The van der Waals surface area contributed by atoms with Gasteiger partial charge in [-0.25, -0.2) is 24.9 Å². The summed E-state index contributed by atoms with van der Waals surface area (Å²) >= 11 is 3.80. The van der Waals surface area contributed by atoms with Crippen molar-refractivity contribution in [2.75, 3.05) is 0 Å². The molecule has 14 aromatic carbocycles. The fourth-order valence-corrected chi connectivity index (χ4v) is 18.8. The van der Waals surface area contributed by atoms with Crippen LogP contribution in [0.3, 0.4) is 0 Å². The zero-order chi connectivity index (χ0) is 69.7. The molecule has 0 spiro atoms. The number of thiophene rings is 1. The van der Waals surface area contributed by atoms with Gasteiger partial charge in [-0.15, -0.1) is 23.1 Å². The second-order valence-electron chi connectivity index (χ2n) is 28.1. The molecule has 0 amide bonds. The second kappa shape index (κ2) is 25.5. The summed E-state index contributed by atoms with van der Waals surface area (Å²) in [6, 6.07) is 116. The van der Waals surface area contributed by atoms with Gasteiger partial charge in [-0.1, -0.05) is 293 Å². The summed E-state index contributed by atoms with van der Waals surface area (Å²) in [6.07, 6.45) is 8.98. The molecule has 2 unspecified atom stereocenters. The molecule has 18 aromatic rings. The summed E-state index contributed by atoms with van der Waals surface area (Å²) < 4.78 is 2.58. The van der Waals surface area contributed by atoms with Crippen LogP contribution >= 0.6 is 23.1 Å². The SMILES string of the molecule is C1=CC2Sc3cc(-c4ccc5ccc6ccc(-c7cccc(-c8cc9ccccc9c9ccccc89)c7)nc6c5n4)ccc3C2C=C1.CC1(C)c2ccccc2-c2ccc(-c3cc(-c4ccccc4)cc(-c4nc(-c5ccccc5)nc(-c5cccc(-c6cccc7c6sc6ccccc67)c5)n4)c3)cc21. The lowest BCUT2D eigenvalue weighted by molar-refractivity contribution is 0.660. The van der Waals surface area contributed by atoms with Crippen molar-refractivity contribution in [3.05, 3.63) is 363 Å². The van der Waals surface area contributed by atoms with E-state index in [9.17, 15) is 0 Å². The van der Waals surface area contributed by atoms with Crippen LogP contribution in [0.1, 0.15) is 36.5 Å². The van der Waals surface area contributed by atoms with Gasteiger partial charge in [0.25, 0.3) is 0 Å². The van der Waals surface area contributed by atoms with Crippen LogP contribution in [0, 0.1) is 0 Å². The monoisotopic (exact) mass is 1380 g/mol. The number of hydrogen-bond acceptors (Lipinski definition) is 7. The number of aromatic nitrogens is 5. The number of fused-ring (bicyclic) bond motifs is 15. The Morgan fingerprint density at radius 3 is 1.60 bits per heavy atom. The number of rotatable bonds is 9. The molecular weight excluding hydrogens is 1310 g/mol. The molecular formula is C98H65N5S2. The van der Waals surface area contributed by atoms with Crippen molar-refractivity contribution in [3.63, 3.8) is 0 Å². The summed E-state index contributed by atoms with van der Waals surface area (Å²) in [6.45, 7) is 4.67. The fourth-order valence-electron chi connectivity index (χ4n) is 16.2. The van der Waals surface area contributed by atoms with Crippen molar-refractivity contribution >= 4 is 86.6 Å². The van der Waals surface area contributed by atoms with E-state index in [0.29, 0.717) is 28.6 Å². The van der Waals surface area contributed by atoms with Gasteiger partial charge < -0.3 is 0 Å². The maximum atomic E-state index is 5.29.